The van der Waals surface area contributed by atoms with Gasteiger partial charge in [0.2, 0.25) is 0 Å². The molecule has 0 spiro atoms. The number of hydrogen-bond donors (Lipinski definition) is 1. The summed E-state index contributed by atoms with van der Waals surface area (Å²) in [5, 5.41) is 2.64. The highest BCUT2D eigenvalue weighted by atomic mass is 35.5. The lowest BCUT2D eigenvalue weighted by Gasteiger charge is -2.47. The number of benzene rings is 2. The minimum absolute atomic E-state index is 0.0962. The van der Waals surface area contributed by atoms with Crippen LogP contribution in [0.1, 0.15) is 19.4 Å². The van der Waals surface area contributed by atoms with Crippen molar-refractivity contribution in [2.75, 3.05) is 22.9 Å². The van der Waals surface area contributed by atoms with Crippen LogP contribution in [0, 0.1) is 0 Å². The van der Waals surface area contributed by atoms with Gasteiger partial charge in [0.15, 0.2) is 11.6 Å². The normalized spacial score (nSPS) is 22.5. The SMILES string of the molecule is CCOC(=O)C1C(Cl)C(Nc2cc(Cl)cc(Cl)c2)(C(=O)OCC)c2ccccc2N1Cl. The fourth-order valence-electron chi connectivity index (χ4n) is 3.59. The van der Waals surface area contributed by atoms with Crippen molar-refractivity contribution in [1.82, 2.24) is 0 Å². The first-order valence-corrected chi connectivity index (χ1v) is 11.1. The van der Waals surface area contributed by atoms with Crippen molar-refractivity contribution in [3.05, 3.63) is 58.1 Å². The molecule has 166 valence electrons. The van der Waals surface area contributed by atoms with Gasteiger partial charge in [0.1, 0.15) is 5.38 Å². The van der Waals surface area contributed by atoms with E-state index in [0.29, 0.717) is 27.0 Å². The summed E-state index contributed by atoms with van der Waals surface area (Å²) in [5.74, 6) is -1.36. The van der Waals surface area contributed by atoms with E-state index < -0.39 is 28.9 Å². The summed E-state index contributed by atoms with van der Waals surface area (Å²) in [4.78, 5) is 26.3. The van der Waals surface area contributed by atoms with Crippen LogP contribution in [-0.4, -0.2) is 36.6 Å². The molecule has 1 N–H and O–H groups in total. The van der Waals surface area contributed by atoms with Crippen LogP contribution in [0.3, 0.4) is 0 Å². The van der Waals surface area contributed by atoms with Gasteiger partial charge in [-0.3, -0.25) is 4.42 Å². The van der Waals surface area contributed by atoms with Gasteiger partial charge in [-0.05, 0) is 38.1 Å². The van der Waals surface area contributed by atoms with Gasteiger partial charge in [-0.15, -0.1) is 11.6 Å². The van der Waals surface area contributed by atoms with Crippen LogP contribution >= 0.6 is 46.6 Å². The van der Waals surface area contributed by atoms with Crippen LogP contribution < -0.4 is 9.74 Å². The molecule has 0 amide bonds. The van der Waals surface area contributed by atoms with Gasteiger partial charge >= 0.3 is 11.9 Å². The number of alkyl halides is 1. The average Bonchev–Trinajstić information content (AvgIpc) is 2.71. The number of fused-ring (bicyclic) bond motifs is 1. The Balaban J connectivity index is 2.26. The molecular formula is C21H20Cl4N2O4. The standard InChI is InChI=1S/C21H20Cl4N2O4/c1-3-30-19(28)17-18(24)21(20(29)31-4-2,15-7-5-6-8-16(15)27(17)25)26-14-10-12(22)9-13(23)11-14/h5-11,17-18,26H,3-4H2,1-2H3. The van der Waals surface area contributed by atoms with Gasteiger partial charge in [0, 0.05) is 33.1 Å². The minimum atomic E-state index is -1.69. The molecule has 0 fully saturated rings. The van der Waals surface area contributed by atoms with Crippen LogP contribution in [0.2, 0.25) is 10.0 Å². The summed E-state index contributed by atoms with van der Waals surface area (Å²) >= 11 is 25.7. The molecule has 6 nitrogen and oxygen atoms in total. The van der Waals surface area contributed by atoms with Crippen molar-refractivity contribution in [2.45, 2.75) is 30.8 Å². The van der Waals surface area contributed by atoms with E-state index in [0.717, 1.165) is 0 Å². The van der Waals surface area contributed by atoms with Gasteiger partial charge in [0.25, 0.3) is 0 Å². The molecule has 0 radical (unpaired) electrons. The van der Waals surface area contributed by atoms with E-state index in [-0.39, 0.29) is 13.2 Å². The van der Waals surface area contributed by atoms with E-state index in [1.807, 2.05) is 0 Å². The van der Waals surface area contributed by atoms with Crippen molar-refractivity contribution in [3.63, 3.8) is 0 Å². The highest BCUT2D eigenvalue weighted by molar-refractivity contribution is 6.35. The number of nitrogens with one attached hydrogen (secondary N) is 1. The quantitative estimate of drug-likeness (QED) is 0.323. The predicted octanol–water partition coefficient (Wildman–Crippen LogP) is 5.38. The van der Waals surface area contributed by atoms with Crippen LogP contribution in [0.4, 0.5) is 11.4 Å². The molecule has 3 atom stereocenters. The number of para-hydroxylation sites is 1. The molecule has 10 heteroatoms. The van der Waals surface area contributed by atoms with E-state index in [4.69, 9.17) is 56.1 Å². The van der Waals surface area contributed by atoms with Crippen molar-refractivity contribution < 1.29 is 19.1 Å². The third kappa shape index (κ3) is 4.40. The maximum Gasteiger partial charge on any atom is 0.338 e. The third-order valence-corrected chi connectivity index (χ3v) is 6.22. The highest BCUT2D eigenvalue weighted by Gasteiger charge is 2.59. The lowest BCUT2D eigenvalue weighted by molar-refractivity contribution is -0.151. The molecule has 0 saturated carbocycles. The van der Waals surface area contributed by atoms with E-state index in [1.54, 1.807) is 56.3 Å². The smallest absolute Gasteiger partial charge is 0.338 e. The second-order valence-electron chi connectivity index (χ2n) is 6.74. The molecular weight excluding hydrogens is 486 g/mol. The van der Waals surface area contributed by atoms with E-state index in [2.05, 4.69) is 5.32 Å². The third-order valence-electron chi connectivity index (χ3n) is 4.82. The van der Waals surface area contributed by atoms with Crippen LogP contribution in [0.5, 0.6) is 0 Å². The van der Waals surface area contributed by atoms with Gasteiger partial charge in [-0.1, -0.05) is 41.4 Å². The first kappa shape index (κ1) is 23.8. The Kier molecular flexibility index (Phi) is 7.47. The summed E-state index contributed by atoms with van der Waals surface area (Å²) in [5.41, 5.74) is -0.435. The summed E-state index contributed by atoms with van der Waals surface area (Å²) in [6.45, 7) is 3.56. The number of carbonyl (C=O) groups is 2. The van der Waals surface area contributed by atoms with Gasteiger partial charge in [0.05, 0.1) is 18.9 Å². The zero-order valence-electron chi connectivity index (χ0n) is 16.7. The Hall–Kier alpha value is -1.86. The van der Waals surface area contributed by atoms with Crippen molar-refractivity contribution >= 4 is 69.9 Å². The molecule has 0 saturated heterocycles. The number of esters is 2. The fourth-order valence-corrected chi connectivity index (χ4v) is 4.99. The summed E-state index contributed by atoms with van der Waals surface area (Å²) in [6.07, 6.45) is 0. The molecule has 31 heavy (non-hydrogen) atoms. The van der Waals surface area contributed by atoms with Crippen LogP contribution in [-0.2, 0) is 24.6 Å². The average molecular weight is 506 g/mol. The molecule has 0 aliphatic carbocycles. The Morgan fingerprint density at radius 2 is 1.68 bits per heavy atom. The van der Waals surface area contributed by atoms with Crippen molar-refractivity contribution in [2.24, 2.45) is 0 Å². The lowest BCUT2D eigenvalue weighted by atomic mass is 9.78. The fraction of sp³-hybridized carbons (Fsp3) is 0.333. The van der Waals surface area contributed by atoms with Gasteiger partial charge < -0.3 is 14.8 Å². The van der Waals surface area contributed by atoms with Gasteiger partial charge in [-0.25, -0.2) is 9.59 Å². The second-order valence-corrected chi connectivity index (χ2v) is 8.45. The summed E-state index contributed by atoms with van der Waals surface area (Å²) in [6, 6.07) is 10.4. The zero-order chi connectivity index (χ0) is 22.8. The zero-order valence-corrected chi connectivity index (χ0v) is 19.7. The van der Waals surface area contributed by atoms with Crippen molar-refractivity contribution in [1.29, 1.82) is 0 Å². The number of halogens is 4. The Morgan fingerprint density at radius 1 is 1.06 bits per heavy atom. The summed E-state index contributed by atoms with van der Waals surface area (Å²) in [7, 11) is 0. The maximum absolute atomic E-state index is 13.5. The lowest BCUT2D eigenvalue weighted by Crippen LogP contribution is -2.63. The molecule has 2 aromatic carbocycles. The molecule has 0 bridgehead atoms. The minimum Gasteiger partial charge on any atom is -0.464 e. The first-order valence-electron chi connectivity index (χ1n) is 9.53. The van der Waals surface area contributed by atoms with Gasteiger partial charge in [-0.2, -0.15) is 0 Å². The van der Waals surface area contributed by atoms with Crippen molar-refractivity contribution in [3.8, 4) is 0 Å². The molecule has 0 aromatic heterocycles. The highest BCUT2D eigenvalue weighted by Crippen LogP contribution is 2.48. The molecule has 3 unspecified atom stereocenters. The Bertz CT molecular complexity index is 969. The Morgan fingerprint density at radius 3 is 2.29 bits per heavy atom. The number of anilines is 2. The number of hydrogen-bond acceptors (Lipinski definition) is 6. The van der Waals surface area contributed by atoms with Crippen LogP contribution in [0.15, 0.2) is 42.5 Å². The molecule has 1 aliphatic heterocycles. The topological polar surface area (TPSA) is 67.9 Å². The largest absolute Gasteiger partial charge is 0.464 e. The Labute approximate surface area is 200 Å². The number of nitrogens with zero attached hydrogens (tertiary/aromatic N) is 1. The molecule has 1 aliphatic rings. The summed E-state index contributed by atoms with van der Waals surface area (Å²) < 4.78 is 11.8. The first-order chi connectivity index (χ1) is 14.8. The molecule has 1 heterocycles. The monoisotopic (exact) mass is 504 g/mol. The number of ether oxygens (including phenoxy) is 2. The predicted molar refractivity (Wildman–Crippen MR) is 123 cm³/mol. The van der Waals surface area contributed by atoms with Crippen LogP contribution in [0.25, 0.3) is 0 Å². The van der Waals surface area contributed by atoms with E-state index >= 15 is 0 Å². The van der Waals surface area contributed by atoms with E-state index in [9.17, 15) is 9.59 Å². The number of carbonyl (C=O) groups excluding carboxylic acids is 2. The molecule has 2 aromatic rings. The molecule has 3 rings (SSSR count). The second kappa shape index (κ2) is 9.74. The number of rotatable bonds is 6. The maximum atomic E-state index is 13.5. The van der Waals surface area contributed by atoms with E-state index in [1.165, 1.54) is 4.42 Å².